The van der Waals surface area contributed by atoms with Gasteiger partial charge in [0.25, 0.3) is 0 Å². The maximum absolute atomic E-state index is 12.4. The molecule has 0 aliphatic rings. The number of nitrogens with zero attached hydrogens (tertiary/aromatic N) is 2. The van der Waals surface area contributed by atoms with Crippen LogP contribution in [0.25, 0.3) is 16.7 Å². The Kier molecular flexibility index (Phi) is 4.41. The number of phenols is 1. The van der Waals surface area contributed by atoms with Gasteiger partial charge in [-0.25, -0.2) is 14.3 Å². The van der Waals surface area contributed by atoms with Gasteiger partial charge in [0.2, 0.25) is 0 Å². The highest BCUT2D eigenvalue weighted by Gasteiger charge is 2.12. The van der Waals surface area contributed by atoms with Crippen LogP contribution in [-0.4, -0.2) is 20.9 Å². The molecule has 0 spiro atoms. The van der Waals surface area contributed by atoms with Gasteiger partial charge >= 0.3 is 11.6 Å². The van der Waals surface area contributed by atoms with Crippen molar-refractivity contribution in [2.24, 2.45) is 0 Å². The quantitative estimate of drug-likeness (QED) is 0.434. The van der Waals surface area contributed by atoms with Crippen molar-refractivity contribution >= 4 is 16.9 Å². The van der Waals surface area contributed by atoms with Gasteiger partial charge in [-0.05, 0) is 49.4 Å². The number of carbonyl (C=O) groups is 1. The van der Waals surface area contributed by atoms with Crippen LogP contribution in [0.1, 0.15) is 21.6 Å². The fourth-order valence-electron chi connectivity index (χ4n) is 2.94. The molecule has 2 aromatic carbocycles. The standard InChI is InChI=1S/C21H16N2O5/c1-13-8-9-22-23(13)16-4-2-14(3-5-16)21(26)27-12-15-10-20(25)28-19-11-17(24)6-7-18(15)19/h2-11,24H,12H2,1H3. The second kappa shape index (κ2) is 7.03. The van der Waals surface area contributed by atoms with E-state index in [-0.39, 0.29) is 17.9 Å². The summed E-state index contributed by atoms with van der Waals surface area (Å²) in [4.78, 5) is 24.1. The molecule has 4 aromatic rings. The zero-order valence-electron chi connectivity index (χ0n) is 15.0. The maximum Gasteiger partial charge on any atom is 0.338 e. The molecule has 0 aliphatic heterocycles. The second-order valence-corrected chi connectivity index (χ2v) is 6.28. The first kappa shape index (κ1) is 17.5. The minimum absolute atomic E-state index is 0.0164. The van der Waals surface area contributed by atoms with Gasteiger partial charge in [0, 0.05) is 35.0 Å². The largest absolute Gasteiger partial charge is 0.508 e. The van der Waals surface area contributed by atoms with Crippen molar-refractivity contribution in [2.45, 2.75) is 13.5 Å². The van der Waals surface area contributed by atoms with Gasteiger partial charge in [-0.1, -0.05) is 0 Å². The Hall–Kier alpha value is -3.87. The number of aromatic hydroxyl groups is 1. The predicted octanol–water partition coefficient (Wildman–Crippen LogP) is 3.35. The Morgan fingerprint density at radius 1 is 1.14 bits per heavy atom. The van der Waals surface area contributed by atoms with Crippen LogP contribution in [0.5, 0.6) is 5.75 Å². The molecule has 0 aliphatic carbocycles. The van der Waals surface area contributed by atoms with Crippen LogP contribution in [-0.2, 0) is 11.3 Å². The smallest absolute Gasteiger partial charge is 0.338 e. The lowest BCUT2D eigenvalue weighted by Crippen LogP contribution is -2.08. The molecule has 0 fully saturated rings. The molecule has 0 bridgehead atoms. The summed E-state index contributed by atoms with van der Waals surface area (Å²) < 4.78 is 12.2. The van der Waals surface area contributed by atoms with E-state index in [4.69, 9.17) is 9.15 Å². The summed E-state index contributed by atoms with van der Waals surface area (Å²) in [5.74, 6) is -0.527. The van der Waals surface area contributed by atoms with Gasteiger partial charge in [0.1, 0.15) is 17.9 Å². The Morgan fingerprint density at radius 2 is 1.93 bits per heavy atom. The molecule has 140 valence electrons. The van der Waals surface area contributed by atoms with Crippen LogP contribution in [0.2, 0.25) is 0 Å². The first-order valence-corrected chi connectivity index (χ1v) is 8.55. The Morgan fingerprint density at radius 3 is 2.64 bits per heavy atom. The van der Waals surface area contributed by atoms with E-state index in [1.165, 1.54) is 18.2 Å². The topological polar surface area (TPSA) is 94.6 Å². The molecule has 2 heterocycles. The van der Waals surface area contributed by atoms with Crippen molar-refractivity contribution in [3.63, 3.8) is 0 Å². The average Bonchev–Trinajstić information content (AvgIpc) is 3.11. The van der Waals surface area contributed by atoms with E-state index in [2.05, 4.69) is 5.10 Å². The van der Waals surface area contributed by atoms with Crippen LogP contribution < -0.4 is 5.63 Å². The van der Waals surface area contributed by atoms with Crippen LogP contribution in [0.4, 0.5) is 0 Å². The molecule has 0 unspecified atom stereocenters. The summed E-state index contributed by atoms with van der Waals surface area (Å²) in [6.07, 6.45) is 1.71. The summed E-state index contributed by atoms with van der Waals surface area (Å²) in [6.45, 7) is 1.85. The first-order valence-electron chi connectivity index (χ1n) is 8.55. The fourth-order valence-corrected chi connectivity index (χ4v) is 2.94. The van der Waals surface area contributed by atoms with E-state index >= 15 is 0 Å². The molecule has 0 radical (unpaired) electrons. The number of hydrogen-bond acceptors (Lipinski definition) is 6. The maximum atomic E-state index is 12.4. The predicted molar refractivity (Wildman–Crippen MR) is 102 cm³/mol. The molecular formula is C21H16N2O5. The lowest BCUT2D eigenvalue weighted by molar-refractivity contribution is 0.0474. The van der Waals surface area contributed by atoms with Crippen LogP contribution in [0.3, 0.4) is 0 Å². The third kappa shape index (κ3) is 3.37. The van der Waals surface area contributed by atoms with Gasteiger partial charge in [-0.15, -0.1) is 0 Å². The van der Waals surface area contributed by atoms with E-state index in [9.17, 15) is 14.7 Å². The van der Waals surface area contributed by atoms with Crippen molar-refractivity contribution in [2.75, 3.05) is 0 Å². The lowest BCUT2D eigenvalue weighted by Gasteiger charge is -2.09. The van der Waals surface area contributed by atoms with E-state index in [1.807, 2.05) is 13.0 Å². The van der Waals surface area contributed by atoms with Crippen molar-refractivity contribution in [3.05, 3.63) is 88.0 Å². The highest BCUT2D eigenvalue weighted by atomic mass is 16.5. The normalized spacial score (nSPS) is 10.9. The molecule has 7 nitrogen and oxygen atoms in total. The lowest BCUT2D eigenvalue weighted by atomic mass is 10.1. The van der Waals surface area contributed by atoms with E-state index in [0.717, 1.165) is 11.4 Å². The minimum atomic E-state index is -0.580. The molecule has 0 saturated carbocycles. The van der Waals surface area contributed by atoms with Crippen LogP contribution in [0, 0.1) is 6.92 Å². The Bertz CT molecular complexity index is 1220. The number of esters is 1. The van der Waals surface area contributed by atoms with Gasteiger partial charge < -0.3 is 14.3 Å². The summed E-state index contributed by atoms with van der Waals surface area (Å²) in [6, 6.07) is 14.5. The summed E-state index contributed by atoms with van der Waals surface area (Å²) in [7, 11) is 0. The highest BCUT2D eigenvalue weighted by molar-refractivity contribution is 5.90. The number of aromatic nitrogens is 2. The number of benzene rings is 2. The minimum Gasteiger partial charge on any atom is -0.508 e. The van der Waals surface area contributed by atoms with E-state index in [1.54, 1.807) is 41.2 Å². The molecular weight excluding hydrogens is 360 g/mol. The number of rotatable bonds is 4. The summed E-state index contributed by atoms with van der Waals surface area (Å²) in [5.41, 5.74) is 2.36. The van der Waals surface area contributed by atoms with Crippen LogP contribution in [0.15, 0.2) is 70.0 Å². The van der Waals surface area contributed by atoms with Gasteiger partial charge in [0.05, 0.1) is 11.3 Å². The van der Waals surface area contributed by atoms with Gasteiger partial charge in [-0.3, -0.25) is 0 Å². The molecule has 4 rings (SSSR count). The average molecular weight is 376 g/mol. The third-order valence-corrected chi connectivity index (χ3v) is 4.35. The fraction of sp³-hybridized carbons (Fsp3) is 0.0952. The first-order chi connectivity index (χ1) is 13.5. The zero-order valence-corrected chi connectivity index (χ0v) is 15.0. The van der Waals surface area contributed by atoms with Crippen LogP contribution >= 0.6 is 0 Å². The molecule has 0 amide bonds. The molecule has 1 N–H and O–H groups in total. The van der Waals surface area contributed by atoms with Crippen molar-refractivity contribution < 1.29 is 19.1 Å². The molecule has 0 saturated heterocycles. The Balaban J connectivity index is 1.53. The zero-order chi connectivity index (χ0) is 19.7. The molecule has 2 aromatic heterocycles. The van der Waals surface area contributed by atoms with Gasteiger partial charge in [-0.2, -0.15) is 5.10 Å². The van der Waals surface area contributed by atoms with E-state index < -0.39 is 11.6 Å². The Labute approximate surface area is 159 Å². The molecule has 7 heteroatoms. The number of fused-ring (bicyclic) bond motifs is 1. The summed E-state index contributed by atoms with van der Waals surface area (Å²) in [5, 5.41) is 14.3. The SMILES string of the molecule is Cc1ccnn1-c1ccc(C(=O)OCc2cc(=O)oc3cc(O)ccc23)cc1. The number of ether oxygens (including phenoxy) is 1. The molecule has 0 atom stereocenters. The van der Waals surface area contributed by atoms with Crippen molar-refractivity contribution in [1.82, 2.24) is 9.78 Å². The number of hydrogen-bond donors (Lipinski definition) is 1. The highest BCUT2D eigenvalue weighted by Crippen LogP contribution is 2.22. The number of phenolic OH excluding ortho intramolecular Hbond substituents is 1. The second-order valence-electron chi connectivity index (χ2n) is 6.28. The third-order valence-electron chi connectivity index (χ3n) is 4.35. The number of carbonyl (C=O) groups excluding carboxylic acids is 1. The molecule has 28 heavy (non-hydrogen) atoms. The summed E-state index contributed by atoms with van der Waals surface area (Å²) >= 11 is 0. The van der Waals surface area contributed by atoms with E-state index in [0.29, 0.717) is 16.5 Å². The monoisotopic (exact) mass is 376 g/mol. The van der Waals surface area contributed by atoms with Crippen molar-refractivity contribution in [3.8, 4) is 11.4 Å². The van der Waals surface area contributed by atoms with Crippen molar-refractivity contribution in [1.29, 1.82) is 0 Å². The van der Waals surface area contributed by atoms with Gasteiger partial charge in [0.15, 0.2) is 0 Å². The number of aryl methyl sites for hydroxylation is 1.